The molecule has 3 aromatic rings. The number of benzene rings is 2. The van der Waals surface area contributed by atoms with Crippen LogP contribution in [0, 0.1) is 0 Å². The van der Waals surface area contributed by atoms with Crippen LogP contribution in [0.1, 0.15) is 15.2 Å². The minimum absolute atomic E-state index is 0.107. The van der Waals surface area contributed by atoms with Gasteiger partial charge in [-0.1, -0.05) is 29.8 Å². The molecule has 3 rings (SSSR count). The minimum Gasteiger partial charge on any atom is -0.497 e. The molecule has 0 N–H and O–H groups in total. The van der Waals surface area contributed by atoms with Gasteiger partial charge in [0.2, 0.25) is 0 Å². The molecule has 1 heterocycles. The van der Waals surface area contributed by atoms with Crippen LogP contribution in [0.15, 0.2) is 42.5 Å². The first-order valence-corrected chi connectivity index (χ1v) is 8.88. The summed E-state index contributed by atoms with van der Waals surface area (Å²) in [5.41, 5.74) is 0.899. The first-order valence-electron chi connectivity index (χ1n) is 7.68. The number of methoxy groups -OCH3 is 2. The third kappa shape index (κ3) is 3.43. The van der Waals surface area contributed by atoms with Crippen molar-refractivity contribution in [2.75, 3.05) is 21.3 Å². The Hall–Kier alpha value is -2.24. The maximum atomic E-state index is 12.8. The third-order valence-electron chi connectivity index (χ3n) is 3.98. The number of carbonyl (C=O) groups is 1. The van der Waals surface area contributed by atoms with Gasteiger partial charge in [0.05, 0.1) is 19.2 Å². The second-order valence-corrected chi connectivity index (χ2v) is 7.01. The summed E-state index contributed by atoms with van der Waals surface area (Å²) < 4.78 is 11.6. The van der Waals surface area contributed by atoms with E-state index in [1.807, 2.05) is 36.4 Å². The zero-order valence-electron chi connectivity index (χ0n) is 14.2. The van der Waals surface area contributed by atoms with E-state index in [2.05, 4.69) is 0 Å². The summed E-state index contributed by atoms with van der Waals surface area (Å²) in [6.45, 7) is 0.413. The van der Waals surface area contributed by atoms with E-state index in [1.165, 1.54) is 11.3 Å². The minimum atomic E-state index is -0.107. The van der Waals surface area contributed by atoms with Gasteiger partial charge in [0.1, 0.15) is 16.4 Å². The number of nitrogens with zero attached hydrogens (tertiary/aromatic N) is 1. The summed E-state index contributed by atoms with van der Waals surface area (Å²) in [7, 11) is 4.96. The van der Waals surface area contributed by atoms with Crippen molar-refractivity contribution in [3.8, 4) is 11.5 Å². The van der Waals surface area contributed by atoms with Crippen molar-refractivity contribution < 1.29 is 14.3 Å². The number of carbonyl (C=O) groups excluding carboxylic acids is 1. The highest BCUT2D eigenvalue weighted by molar-refractivity contribution is 7.21. The van der Waals surface area contributed by atoms with E-state index in [4.69, 9.17) is 21.1 Å². The lowest BCUT2D eigenvalue weighted by Gasteiger charge is -2.19. The topological polar surface area (TPSA) is 38.8 Å². The number of halogens is 1. The number of ether oxygens (including phenoxy) is 2. The number of amides is 1. The van der Waals surface area contributed by atoms with Gasteiger partial charge in [-0.05, 0) is 18.2 Å². The van der Waals surface area contributed by atoms with E-state index in [-0.39, 0.29) is 5.91 Å². The Labute approximate surface area is 155 Å². The van der Waals surface area contributed by atoms with Crippen LogP contribution in [-0.2, 0) is 6.54 Å². The number of rotatable bonds is 5. The molecule has 2 aromatic carbocycles. The molecule has 0 saturated carbocycles. The fourth-order valence-electron chi connectivity index (χ4n) is 2.63. The molecule has 1 amide bonds. The fourth-order valence-corrected chi connectivity index (χ4v) is 4.14. The summed E-state index contributed by atoms with van der Waals surface area (Å²) in [5.74, 6) is 1.28. The van der Waals surface area contributed by atoms with E-state index in [0.717, 1.165) is 15.6 Å². The molecule has 0 aliphatic heterocycles. The van der Waals surface area contributed by atoms with Crippen LogP contribution in [-0.4, -0.2) is 32.1 Å². The number of hydrogen-bond donors (Lipinski definition) is 0. The van der Waals surface area contributed by atoms with Crippen LogP contribution in [0.5, 0.6) is 11.5 Å². The fraction of sp³-hybridized carbons (Fsp3) is 0.211. The van der Waals surface area contributed by atoms with Crippen molar-refractivity contribution in [1.82, 2.24) is 4.90 Å². The number of hydrogen-bond acceptors (Lipinski definition) is 4. The van der Waals surface area contributed by atoms with Gasteiger partial charge in [-0.15, -0.1) is 11.3 Å². The first kappa shape index (κ1) is 17.6. The Balaban J connectivity index is 1.86. The average molecular weight is 376 g/mol. The molecule has 0 bridgehead atoms. The van der Waals surface area contributed by atoms with Crippen molar-refractivity contribution >= 4 is 38.9 Å². The summed E-state index contributed by atoms with van der Waals surface area (Å²) in [6, 6.07) is 13.3. The van der Waals surface area contributed by atoms with Crippen LogP contribution in [0.25, 0.3) is 10.1 Å². The Bertz CT molecular complexity index is 922. The average Bonchev–Trinajstić information content (AvgIpc) is 2.98. The van der Waals surface area contributed by atoms with E-state index >= 15 is 0 Å². The van der Waals surface area contributed by atoms with Crippen molar-refractivity contribution in [1.29, 1.82) is 0 Å². The van der Waals surface area contributed by atoms with Gasteiger partial charge in [0.25, 0.3) is 5.91 Å². The molecule has 4 nitrogen and oxygen atoms in total. The molecule has 25 heavy (non-hydrogen) atoms. The monoisotopic (exact) mass is 375 g/mol. The second kappa shape index (κ2) is 7.33. The van der Waals surface area contributed by atoms with Crippen molar-refractivity contribution in [3.05, 3.63) is 57.9 Å². The zero-order valence-corrected chi connectivity index (χ0v) is 15.8. The van der Waals surface area contributed by atoms with E-state index in [9.17, 15) is 4.79 Å². The van der Waals surface area contributed by atoms with Gasteiger partial charge < -0.3 is 14.4 Å². The lowest BCUT2D eigenvalue weighted by molar-refractivity contribution is 0.0789. The molecule has 0 saturated heterocycles. The van der Waals surface area contributed by atoms with Gasteiger partial charge in [0, 0.05) is 35.3 Å². The molecule has 0 fully saturated rings. The first-order chi connectivity index (χ1) is 12.0. The van der Waals surface area contributed by atoms with Crippen molar-refractivity contribution in [2.24, 2.45) is 0 Å². The van der Waals surface area contributed by atoms with Gasteiger partial charge in [0.15, 0.2) is 0 Å². The summed E-state index contributed by atoms with van der Waals surface area (Å²) in [6.07, 6.45) is 0. The molecular formula is C19H18ClNO3S. The zero-order chi connectivity index (χ0) is 18.0. The van der Waals surface area contributed by atoms with Gasteiger partial charge in [-0.3, -0.25) is 4.79 Å². The third-order valence-corrected chi connectivity index (χ3v) is 5.64. The maximum absolute atomic E-state index is 12.8. The predicted octanol–water partition coefficient (Wildman–Crippen LogP) is 4.84. The largest absolute Gasteiger partial charge is 0.497 e. The lowest BCUT2D eigenvalue weighted by atomic mass is 10.1. The summed E-state index contributed by atoms with van der Waals surface area (Å²) >= 11 is 7.83. The highest BCUT2D eigenvalue weighted by atomic mass is 35.5. The van der Waals surface area contributed by atoms with E-state index in [1.54, 1.807) is 32.2 Å². The normalized spacial score (nSPS) is 10.7. The highest BCUT2D eigenvalue weighted by Gasteiger charge is 2.21. The molecule has 130 valence electrons. The van der Waals surface area contributed by atoms with Gasteiger partial charge >= 0.3 is 0 Å². The Morgan fingerprint density at radius 3 is 2.60 bits per heavy atom. The standard InChI is InChI=1S/C19H18ClNO3S/c1-21(11-12-8-9-13(23-2)10-15(12)24-3)19(22)18-17(20)14-6-4-5-7-16(14)25-18/h4-10H,11H2,1-3H3. The van der Waals surface area contributed by atoms with Gasteiger partial charge in [-0.2, -0.15) is 0 Å². The number of thiophene rings is 1. The lowest BCUT2D eigenvalue weighted by Crippen LogP contribution is -2.25. The molecule has 0 atom stereocenters. The highest BCUT2D eigenvalue weighted by Crippen LogP contribution is 2.36. The second-order valence-electron chi connectivity index (χ2n) is 5.58. The number of fused-ring (bicyclic) bond motifs is 1. The maximum Gasteiger partial charge on any atom is 0.265 e. The molecular weight excluding hydrogens is 358 g/mol. The molecule has 1 aromatic heterocycles. The van der Waals surface area contributed by atoms with Gasteiger partial charge in [-0.25, -0.2) is 0 Å². The Morgan fingerprint density at radius 2 is 1.92 bits per heavy atom. The van der Waals surface area contributed by atoms with Crippen molar-refractivity contribution in [2.45, 2.75) is 6.54 Å². The quantitative estimate of drug-likeness (QED) is 0.640. The van der Waals surface area contributed by atoms with Crippen LogP contribution >= 0.6 is 22.9 Å². The SMILES string of the molecule is COc1ccc(CN(C)C(=O)c2sc3ccccc3c2Cl)c(OC)c1. The van der Waals surface area contributed by atoms with Crippen LogP contribution in [0.4, 0.5) is 0 Å². The molecule has 6 heteroatoms. The molecule has 0 spiro atoms. The molecule has 0 aliphatic rings. The van der Waals surface area contributed by atoms with Crippen LogP contribution in [0.3, 0.4) is 0 Å². The molecule has 0 aliphatic carbocycles. The van der Waals surface area contributed by atoms with E-state index < -0.39 is 0 Å². The smallest absolute Gasteiger partial charge is 0.265 e. The van der Waals surface area contributed by atoms with E-state index in [0.29, 0.717) is 27.9 Å². The van der Waals surface area contributed by atoms with Crippen LogP contribution < -0.4 is 9.47 Å². The summed E-state index contributed by atoms with van der Waals surface area (Å²) in [5, 5.41) is 1.42. The summed E-state index contributed by atoms with van der Waals surface area (Å²) in [4.78, 5) is 15.0. The molecule has 0 unspecified atom stereocenters. The Morgan fingerprint density at radius 1 is 1.16 bits per heavy atom. The Kier molecular flexibility index (Phi) is 5.16. The van der Waals surface area contributed by atoms with Crippen LogP contribution in [0.2, 0.25) is 5.02 Å². The predicted molar refractivity (Wildman–Crippen MR) is 102 cm³/mol. The van der Waals surface area contributed by atoms with Crippen molar-refractivity contribution in [3.63, 3.8) is 0 Å². The molecule has 0 radical (unpaired) electrons.